The molecule has 1 spiro atoms. The third-order valence-electron chi connectivity index (χ3n) is 5.14. The maximum Gasteiger partial charge on any atom is 0.178 e. The van der Waals surface area contributed by atoms with E-state index in [2.05, 4.69) is 11.4 Å². The van der Waals surface area contributed by atoms with E-state index in [-0.39, 0.29) is 11.2 Å². The summed E-state index contributed by atoms with van der Waals surface area (Å²) in [5.41, 5.74) is 3.68. The van der Waals surface area contributed by atoms with E-state index in [1.54, 1.807) is 26.4 Å². The molecule has 1 aromatic carbocycles. The normalized spacial score (nSPS) is 23.7. The summed E-state index contributed by atoms with van der Waals surface area (Å²) < 4.78 is 11.3. The molecule has 1 aromatic rings. The van der Waals surface area contributed by atoms with Crippen LogP contribution in [-0.2, 0) is 16.6 Å². The Labute approximate surface area is 129 Å². The minimum atomic E-state index is -0.247. The Morgan fingerprint density at radius 3 is 2.68 bits per heavy atom. The molecule has 0 aromatic heterocycles. The van der Waals surface area contributed by atoms with Gasteiger partial charge in [0.15, 0.2) is 17.3 Å². The van der Waals surface area contributed by atoms with Gasteiger partial charge in [0.1, 0.15) is 6.04 Å². The molecule has 1 atom stereocenters. The van der Waals surface area contributed by atoms with Crippen LogP contribution in [-0.4, -0.2) is 26.5 Å². The number of ether oxygens (including phenoxy) is 2. The first kappa shape index (κ1) is 13.6. The number of carbonyl (C=O) groups excluding carboxylic acids is 1. The van der Waals surface area contributed by atoms with Gasteiger partial charge in [-0.05, 0) is 23.8 Å². The van der Waals surface area contributed by atoms with Crippen LogP contribution in [0, 0.1) is 0 Å². The summed E-state index contributed by atoms with van der Waals surface area (Å²) in [4.78, 5) is 11.6. The highest BCUT2D eigenvalue weighted by molar-refractivity contribution is 6.01. The number of hydrogen-bond donors (Lipinski definition) is 1. The molecule has 4 rings (SSSR count). The van der Waals surface area contributed by atoms with E-state index in [1.165, 1.54) is 16.7 Å². The number of methoxy groups -OCH3 is 2. The lowest BCUT2D eigenvalue weighted by Crippen LogP contribution is -2.86. The number of ketones is 1. The first-order valence-corrected chi connectivity index (χ1v) is 7.72. The Balaban J connectivity index is 2.01. The quantitative estimate of drug-likeness (QED) is 0.892. The van der Waals surface area contributed by atoms with E-state index in [0.717, 1.165) is 30.9 Å². The number of rotatable bonds is 2. The van der Waals surface area contributed by atoms with Crippen LogP contribution in [0.2, 0.25) is 0 Å². The number of benzene rings is 1. The summed E-state index contributed by atoms with van der Waals surface area (Å²) in [6.07, 6.45) is 9.46. The molecule has 0 radical (unpaired) electrons. The first-order valence-electron chi connectivity index (χ1n) is 7.72. The Kier molecular flexibility index (Phi) is 2.91. The number of allylic oxidation sites excluding steroid dienone is 4. The second kappa shape index (κ2) is 4.71. The van der Waals surface area contributed by atoms with Crippen molar-refractivity contribution in [1.29, 1.82) is 0 Å². The highest BCUT2D eigenvalue weighted by Gasteiger charge is 2.49. The van der Waals surface area contributed by atoms with E-state index in [1.807, 2.05) is 12.2 Å². The average Bonchev–Trinajstić information content (AvgIpc) is 2.86. The van der Waals surface area contributed by atoms with Crippen LogP contribution >= 0.6 is 0 Å². The monoisotopic (exact) mass is 298 g/mol. The standard InChI is InChI=1S/C18H19NO3/c1-21-14-9-11-5-8-19-13-10-18(6-3-12(20)4-7-18)16(15(11)13)17(14)22-2/h3-4,6-7,9,13,19H,5,8,10H2,1-2H3/p+1/t13-/m1/s1. The van der Waals surface area contributed by atoms with Crippen molar-refractivity contribution in [3.05, 3.63) is 47.1 Å². The smallest absolute Gasteiger partial charge is 0.178 e. The number of quaternary nitrogens is 1. The van der Waals surface area contributed by atoms with Gasteiger partial charge in [-0.2, -0.15) is 0 Å². The Morgan fingerprint density at radius 1 is 1.23 bits per heavy atom. The molecule has 0 fully saturated rings. The molecule has 22 heavy (non-hydrogen) atoms. The molecule has 1 heterocycles. The SMILES string of the molecule is COc1cc2c3c(c1OC)C1(C=CC(=O)C=C1)C[C@H]3[NH2+]CC2. The average molecular weight is 298 g/mol. The van der Waals surface area contributed by atoms with Gasteiger partial charge in [0.25, 0.3) is 0 Å². The topological polar surface area (TPSA) is 52.1 Å². The summed E-state index contributed by atoms with van der Waals surface area (Å²) in [5, 5.41) is 2.41. The molecule has 0 amide bonds. The van der Waals surface area contributed by atoms with Crippen LogP contribution in [0.3, 0.4) is 0 Å². The van der Waals surface area contributed by atoms with Gasteiger partial charge in [-0.25, -0.2) is 0 Å². The molecule has 0 bridgehead atoms. The van der Waals surface area contributed by atoms with Gasteiger partial charge in [-0.3, -0.25) is 4.79 Å². The van der Waals surface area contributed by atoms with E-state index < -0.39 is 0 Å². The van der Waals surface area contributed by atoms with Crippen molar-refractivity contribution in [2.24, 2.45) is 0 Å². The maximum atomic E-state index is 11.6. The van der Waals surface area contributed by atoms with Crippen molar-refractivity contribution in [2.75, 3.05) is 20.8 Å². The molecular formula is C18H20NO3+. The van der Waals surface area contributed by atoms with Gasteiger partial charge in [-0.1, -0.05) is 12.2 Å². The Morgan fingerprint density at radius 2 is 2.00 bits per heavy atom. The van der Waals surface area contributed by atoms with Gasteiger partial charge in [0.2, 0.25) is 0 Å². The van der Waals surface area contributed by atoms with Crippen molar-refractivity contribution in [2.45, 2.75) is 24.3 Å². The molecule has 0 saturated heterocycles. The summed E-state index contributed by atoms with van der Waals surface area (Å²) in [5.74, 6) is 1.65. The molecule has 3 aliphatic rings. The summed E-state index contributed by atoms with van der Waals surface area (Å²) in [7, 11) is 3.37. The fourth-order valence-electron chi connectivity index (χ4n) is 4.24. The van der Waals surface area contributed by atoms with Crippen LogP contribution in [0.25, 0.3) is 0 Å². The molecular weight excluding hydrogens is 278 g/mol. The lowest BCUT2D eigenvalue weighted by Gasteiger charge is -2.27. The second-order valence-corrected chi connectivity index (χ2v) is 6.25. The first-order chi connectivity index (χ1) is 10.7. The number of carbonyl (C=O) groups is 1. The van der Waals surface area contributed by atoms with Gasteiger partial charge in [0.05, 0.1) is 20.8 Å². The summed E-state index contributed by atoms with van der Waals surface area (Å²) in [6.45, 7) is 1.09. The van der Waals surface area contributed by atoms with Crippen LogP contribution in [0.4, 0.5) is 0 Å². The fourth-order valence-corrected chi connectivity index (χ4v) is 4.24. The molecule has 2 N–H and O–H groups in total. The summed E-state index contributed by atoms with van der Waals surface area (Å²) >= 11 is 0. The van der Waals surface area contributed by atoms with Crippen molar-refractivity contribution in [1.82, 2.24) is 0 Å². The zero-order valence-electron chi connectivity index (χ0n) is 12.9. The van der Waals surface area contributed by atoms with Gasteiger partial charge in [-0.15, -0.1) is 0 Å². The van der Waals surface area contributed by atoms with Gasteiger partial charge in [0, 0.05) is 29.4 Å². The van der Waals surface area contributed by atoms with E-state index in [0.29, 0.717) is 6.04 Å². The minimum absolute atomic E-state index is 0.0524. The molecule has 4 nitrogen and oxygen atoms in total. The minimum Gasteiger partial charge on any atom is -0.493 e. The third-order valence-corrected chi connectivity index (χ3v) is 5.14. The maximum absolute atomic E-state index is 11.6. The number of fused-ring (bicyclic) bond motifs is 1. The van der Waals surface area contributed by atoms with Crippen LogP contribution < -0.4 is 14.8 Å². The zero-order chi connectivity index (χ0) is 15.3. The molecule has 4 heteroatoms. The number of hydrogen-bond acceptors (Lipinski definition) is 3. The van der Waals surface area contributed by atoms with E-state index in [4.69, 9.17) is 9.47 Å². The molecule has 1 aliphatic heterocycles. The second-order valence-electron chi connectivity index (χ2n) is 6.25. The van der Waals surface area contributed by atoms with E-state index >= 15 is 0 Å². The third kappa shape index (κ3) is 1.70. The van der Waals surface area contributed by atoms with Crippen LogP contribution in [0.1, 0.15) is 29.2 Å². The predicted molar refractivity (Wildman–Crippen MR) is 82.4 cm³/mol. The van der Waals surface area contributed by atoms with Gasteiger partial charge >= 0.3 is 0 Å². The Bertz CT molecular complexity index is 702. The largest absolute Gasteiger partial charge is 0.493 e. The van der Waals surface area contributed by atoms with Crippen LogP contribution in [0.5, 0.6) is 11.5 Å². The van der Waals surface area contributed by atoms with E-state index in [9.17, 15) is 4.79 Å². The van der Waals surface area contributed by atoms with Crippen molar-refractivity contribution < 1.29 is 19.6 Å². The lowest BCUT2D eigenvalue weighted by molar-refractivity contribution is -0.698. The van der Waals surface area contributed by atoms with Crippen LogP contribution in [0.15, 0.2) is 30.4 Å². The summed E-state index contributed by atoms with van der Waals surface area (Å²) in [6, 6.07) is 2.55. The molecule has 2 aliphatic carbocycles. The van der Waals surface area contributed by atoms with Crippen molar-refractivity contribution in [3.63, 3.8) is 0 Å². The number of nitrogens with two attached hydrogens (primary N) is 1. The Hall–Kier alpha value is -2.07. The van der Waals surface area contributed by atoms with Crippen molar-refractivity contribution >= 4 is 5.78 Å². The molecule has 0 saturated carbocycles. The predicted octanol–water partition coefficient (Wildman–Crippen LogP) is 1.20. The van der Waals surface area contributed by atoms with Crippen molar-refractivity contribution in [3.8, 4) is 11.5 Å². The lowest BCUT2D eigenvalue weighted by atomic mass is 9.77. The van der Waals surface area contributed by atoms with Gasteiger partial charge < -0.3 is 14.8 Å². The highest BCUT2D eigenvalue weighted by atomic mass is 16.5. The molecule has 0 unspecified atom stereocenters. The highest BCUT2D eigenvalue weighted by Crippen LogP contribution is 2.55. The fraction of sp³-hybridized carbons (Fsp3) is 0.389. The molecule has 114 valence electrons. The zero-order valence-corrected chi connectivity index (χ0v) is 12.9.